The van der Waals surface area contributed by atoms with Gasteiger partial charge in [-0.05, 0) is 74.1 Å². The number of carbonyl (C=O) groups excluding carboxylic acids is 3. The first-order valence-corrected chi connectivity index (χ1v) is 13.4. The molecule has 210 valence electrons. The Morgan fingerprint density at radius 2 is 1.80 bits per heavy atom. The summed E-state index contributed by atoms with van der Waals surface area (Å²) in [6.07, 6.45) is 4.37. The molecular weight excluding hydrogens is 516 g/mol. The number of fused-ring (bicyclic) bond motifs is 1. The molecule has 1 unspecified atom stereocenters. The van der Waals surface area contributed by atoms with Gasteiger partial charge >= 0.3 is 18.0 Å². The number of imide groups is 1. The predicted molar refractivity (Wildman–Crippen MR) is 144 cm³/mol. The summed E-state index contributed by atoms with van der Waals surface area (Å²) in [5, 5.41) is 10.4. The van der Waals surface area contributed by atoms with Gasteiger partial charge in [-0.1, -0.05) is 30.3 Å². The van der Waals surface area contributed by atoms with E-state index in [1.165, 1.54) is 5.56 Å². The zero-order valence-electron chi connectivity index (χ0n) is 22.2. The molecule has 2 saturated heterocycles. The minimum Gasteiger partial charge on any atom is -0.497 e. The Morgan fingerprint density at radius 1 is 1.05 bits per heavy atom. The van der Waals surface area contributed by atoms with Crippen LogP contribution in [0.1, 0.15) is 36.3 Å². The highest BCUT2D eigenvalue weighted by Crippen LogP contribution is 2.30. The van der Waals surface area contributed by atoms with Crippen LogP contribution in [-0.2, 0) is 25.6 Å². The molecule has 0 spiro atoms. The molecule has 2 N–H and O–H groups in total. The summed E-state index contributed by atoms with van der Waals surface area (Å²) in [7, 11) is 1.54. The Balaban J connectivity index is 1.24. The van der Waals surface area contributed by atoms with E-state index in [9.17, 15) is 19.2 Å². The van der Waals surface area contributed by atoms with Crippen LogP contribution < -0.4 is 4.74 Å². The van der Waals surface area contributed by atoms with Gasteiger partial charge in [-0.3, -0.25) is 9.69 Å². The molecule has 1 atom stereocenters. The molecular formula is C29H32N4O7. The molecule has 2 aliphatic heterocycles. The van der Waals surface area contributed by atoms with Gasteiger partial charge in [0.1, 0.15) is 5.75 Å². The fourth-order valence-electron chi connectivity index (χ4n) is 5.56. The fraction of sp³-hybridized carbons (Fsp3) is 0.379. The van der Waals surface area contributed by atoms with Gasteiger partial charge in [0.25, 0.3) is 5.91 Å². The Labute approximate surface area is 231 Å². The largest absolute Gasteiger partial charge is 0.497 e. The van der Waals surface area contributed by atoms with Crippen molar-refractivity contribution < 1.29 is 33.9 Å². The average Bonchev–Trinajstić information content (AvgIpc) is 3.47. The number of aromatic amines is 1. The Hall–Kier alpha value is -4.38. The number of aromatic nitrogens is 1. The van der Waals surface area contributed by atoms with E-state index in [0.29, 0.717) is 35.3 Å². The first-order valence-electron chi connectivity index (χ1n) is 13.4. The number of benzene rings is 2. The quantitative estimate of drug-likeness (QED) is 0.308. The number of ether oxygens (including phenoxy) is 1. The van der Waals surface area contributed by atoms with Crippen LogP contribution in [-0.4, -0.2) is 88.2 Å². The van der Waals surface area contributed by atoms with Crippen molar-refractivity contribution in [1.82, 2.24) is 19.8 Å². The number of rotatable bonds is 9. The number of hydrogen-bond acceptors (Lipinski definition) is 7. The monoisotopic (exact) mass is 548 g/mol. The molecule has 0 bridgehead atoms. The maximum atomic E-state index is 13.4. The lowest BCUT2D eigenvalue weighted by molar-refractivity contribution is -0.190. The molecule has 3 aromatic rings. The SMILES string of the molecule is COc1ccc2[nH]cc(CC3C(=O)N(CCCN4CCC(c5ccccc5)CC4)C(=O)N3OC(=O)C(=O)O)c2c1. The van der Waals surface area contributed by atoms with Crippen LogP contribution in [0.25, 0.3) is 10.9 Å². The van der Waals surface area contributed by atoms with Gasteiger partial charge in [0.15, 0.2) is 6.04 Å². The average molecular weight is 549 g/mol. The minimum atomic E-state index is -1.85. The van der Waals surface area contributed by atoms with Gasteiger partial charge in [0.2, 0.25) is 0 Å². The highest BCUT2D eigenvalue weighted by molar-refractivity contribution is 6.28. The van der Waals surface area contributed by atoms with E-state index < -0.39 is 29.9 Å². The molecule has 0 saturated carbocycles. The zero-order chi connectivity index (χ0) is 28.2. The Kier molecular flexibility index (Phi) is 8.01. The van der Waals surface area contributed by atoms with E-state index in [0.717, 1.165) is 41.7 Å². The van der Waals surface area contributed by atoms with Crippen molar-refractivity contribution in [2.24, 2.45) is 0 Å². The number of H-pyrrole nitrogens is 1. The topological polar surface area (TPSA) is 132 Å². The summed E-state index contributed by atoms with van der Waals surface area (Å²) in [5.74, 6) is -2.88. The Bertz CT molecular complexity index is 1400. The maximum absolute atomic E-state index is 13.4. The summed E-state index contributed by atoms with van der Waals surface area (Å²) < 4.78 is 5.30. The standard InChI is InChI=1S/C29H32N4O7/c1-39-22-8-9-24-23(17-22)21(18-30-24)16-25-26(34)32(29(38)33(25)40-28(37)27(35)36)13-5-12-31-14-10-20(11-15-31)19-6-3-2-4-7-19/h2-4,6-9,17-18,20,25,30H,5,10-16H2,1H3,(H,35,36). The van der Waals surface area contributed by atoms with Crippen LogP contribution in [0.2, 0.25) is 0 Å². The molecule has 11 nitrogen and oxygen atoms in total. The van der Waals surface area contributed by atoms with Gasteiger partial charge in [-0.15, -0.1) is 5.06 Å². The fourth-order valence-corrected chi connectivity index (χ4v) is 5.56. The van der Waals surface area contributed by atoms with E-state index >= 15 is 0 Å². The van der Waals surface area contributed by atoms with Crippen LogP contribution >= 0.6 is 0 Å². The first-order chi connectivity index (χ1) is 19.4. The molecule has 2 aliphatic rings. The number of carboxylic acids is 1. The third-order valence-electron chi connectivity index (χ3n) is 7.71. The number of nitrogens with one attached hydrogen (secondary N) is 1. The number of hydroxylamine groups is 2. The van der Waals surface area contributed by atoms with Crippen LogP contribution in [0.4, 0.5) is 4.79 Å². The number of aliphatic carboxylic acids is 1. The second-order valence-corrected chi connectivity index (χ2v) is 10.1. The van der Waals surface area contributed by atoms with Gasteiger partial charge < -0.3 is 24.6 Å². The maximum Gasteiger partial charge on any atom is 0.441 e. The van der Waals surface area contributed by atoms with Crippen molar-refractivity contribution in [3.05, 3.63) is 65.9 Å². The van der Waals surface area contributed by atoms with Crippen molar-refractivity contribution >= 4 is 34.8 Å². The molecule has 40 heavy (non-hydrogen) atoms. The lowest BCUT2D eigenvalue weighted by atomic mass is 9.89. The molecule has 3 amide bonds. The van der Waals surface area contributed by atoms with Gasteiger partial charge in [-0.25, -0.2) is 14.4 Å². The molecule has 11 heteroatoms. The number of amides is 3. The van der Waals surface area contributed by atoms with Crippen molar-refractivity contribution in [3.8, 4) is 5.75 Å². The smallest absolute Gasteiger partial charge is 0.441 e. The van der Waals surface area contributed by atoms with E-state index in [2.05, 4.69) is 34.1 Å². The van der Waals surface area contributed by atoms with E-state index in [1.807, 2.05) is 12.1 Å². The summed E-state index contributed by atoms with van der Waals surface area (Å²) in [4.78, 5) is 61.0. The number of hydrogen-bond donors (Lipinski definition) is 2. The van der Waals surface area contributed by atoms with Gasteiger partial charge in [0, 0.05) is 30.1 Å². The normalized spacial score (nSPS) is 18.5. The zero-order valence-corrected chi connectivity index (χ0v) is 22.2. The summed E-state index contributed by atoms with van der Waals surface area (Å²) in [6, 6.07) is 13.9. The molecule has 0 aliphatic carbocycles. The summed E-state index contributed by atoms with van der Waals surface area (Å²) in [6.45, 7) is 2.70. The summed E-state index contributed by atoms with van der Waals surface area (Å²) in [5.41, 5.74) is 2.85. The molecule has 1 aromatic heterocycles. The van der Waals surface area contributed by atoms with Crippen molar-refractivity contribution in [2.45, 2.75) is 37.6 Å². The Morgan fingerprint density at radius 3 is 2.50 bits per heavy atom. The highest BCUT2D eigenvalue weighted by Gasteiger charge is 2.48. The lowest BCUT2D eigenvalue weighted by Crippen LogP contribution is -2.40. The van der Waals surface area contributed by atoms with Crippen LogP contribution in [0, 0.1) is 0 Å². The first kappa shape index (κ1) is 27.2. The number of carbonyl (C=O) groups is 4. The second kappa shape index (κ2) is 11.8. The number of carboxylic acid groups (broad SMARTS) is 1. The van der Waals surface area contributed by atoms with Crippen molar-refractivity contribution in [1.29, 1.82) is 0 Å². The van der Waals surface area contributed by atoms with Crippen molar-refractivity contribution in [2.75, 3.05) is 33.3 Å². The molecule has 2 aromatic carbocycles. The highest BCUT2D eigenvalue weighted by atomic mass is 16.7. The number of methoxy groups -OCH3 is 1. The number of nitrogens with zero attached hydrogens (tertiary/aromatic N) is 3. The second-order valence-electron chi connectivity index (χ2n) is 10.1. The van der Waals surface area contributed by atoms with E-state index in [-0.39, 0.29) is 13.0 Å². The predicted octanol–water partition coefficient (Wildman–Crippen LogP) is 3.16. The third kappa shape index (κ3) is 5.64. The van der Waals surface area contributed by atoms with E-state index in [4.69, 9.17) is 14.7 Å². The minimum absolute atomic E-state index is 0.0220. The molecule has 2 fully saturated rings. The van der Waals surface area contributed by atoms with E-state index in [1.54, 1.807) is 25.4 Å². The molecule has 5 rings (SSSR count). The van der Waals surface area contributed by atoms with Gasteiger partial charge in [0.05, 0.1) is 7.11 Å². The van der Waals surface area contributed by atoms with Crippen LogP contribution in [0.15, 0.2) is 54.7 Å². The summed E-state index contributed by atoms with van der Waals surface area (Å²) >= 11 is 0. The molecule has 3 heterocycles. The number of likely N-dealkylation sites (tertiary alicyclic amines) is 1. The number of piperidine rings is 1. The van der Waals surface area contributed by atoms with Crippen molar-refractivity contribution in [3.63, 3.8) is 0 Å². The van der Waals surface area contributed by atoms with Crippen LogP contribution in [0.3, 0.4) is 0 Å². The third-order valence-corrected chi connectivity index (χ3v) is 7.71. The van der Waals surface area contributed by atoms with Crippen LogP contribution in [0.5, 0.6) is 5.75 Å². The molecule has 0 radical (unpaired) electrons. The lowest BCUT2D eigenvalue weighted by Gasteiger charge is -2.32. The van der Waals surface area contributed by atoms with Gasteiger partial charge in [-0.2, -0.15) is 0 Å². The number of urea groups is 1.